The highest BCUT2D eigenvalue weighted by molar-refractivity contribution is 7.92. The minimum absolute atomic E-state index is 0.0658. The number of fused-ring (bicyclic) bond motifs is 1. The summed E-state index contributed by atoms with van der Waals surface area (Å²) in [5.74, 6) is 1.37. The Balaban J connectivity index is 2.00. The molecule has 0 unspecified atom stereocenters. The topological polar surface area (TPSA) is 90.7 Å². The summed E-state index contributed by atoms with van der Waals surface area (Å²) in [6.45, 7) is 1.70. The van der Waals surface area contributed by atoms with Gasteiger partial charge in [0.15, 0.2) is 11.5 Å². The van der Waals surface area contributed by atoms with Gasteiger partial charge in [-0.3, -0.25) is 4.72 Å². The van der Waals surface area contributed by atoms with Crippen molar-refractivity contribution < 1.29 is 22.3 Å². The van der Waals surface area contributed by atoms with Gasteiger partial charge in [0.1, 0.15) is 17.0 Å². The summed E-state index contributed by atoms with van der Waals surface area (Å²) in [5.41, 5.74) is 1.30. The molecule has 1 N–H and O–H groups in total. The molecule has 7 nitrogen and oxygen atoms in total. The van der Waals surface area contributed by atoms with Crippen LogP contribution >= 0.6 is 0 Å². The molecule has 24 heavy (non-hydrogen) atoms. The minimum Gasteiger partial charge on any atom is -0.497 e. The Morgan fingerprint density at radius 1 is 1.08 bits per heavy atom. The first kappa shape index (κ1) is 16.1. The summed E-state index contributed by atoms with van der Waals surface area (Å²) in [6.07, 6.45) is 0. The van der Waals surface area contributed by atoms with E-state index in [9.17, 15) is 8.42 Å². The lowest BCUT2D eigenvalue weighted by molar-refractivity contribution is 0.405. The van der Waals surface area contributed by atoms with Gasteiger partial charge < -0.3 is 13.9 Å². The van der Waals surface area contributed by atoms with Gasteiger partial charge in [-0.25, -0.2) is 13.4 Å². The lowest BCUT2D eigenvalue weighted by Gasteiger charge is -2.13. The van der Waals surface area contributed by atoms with Crippen molar-refractivity contribution in [2.24, 2.45) is 0 Å². The van der Waals surface area contributed by atoms with Gasteiger partial charge in [0.25, 0.3) is 10.0 Å². The first-order valence-electron chi connectivity index (χ1n) is 7.05. The molecule has 0 radical (unpaired) electrons. The molecule has 0 aliphatic rings. The summed E-state index contributed by atoms with van der Waals surface area (Å²) < 4.78 is 43.5. The van der Waals surface area contributed by atoms with Crippen LogP contribution < -0.4 is 14.2 Å². The smallest absolute Gasteiger partial charge is 0.262 e. The first-order chi connectivity index (χ1) is 11.4. The zero-order valence-electron chi connectivity index (χ0n) is 13.4. The molecular weight excluding hydrogens is 332 g/mol. The molecule has 0 saturated carbocycles. The number of oxazole rings is 1. The highest BCUT2D eigenvalue weighted by Crippen LogP contribution is 2.31. The van der Waals surface area contributed by atoms with Crippen molar-refractivity contribution >= 4 is 26.8 Å². The van der Waals surface area contributed by atoms with Gasteiger partial charge in [0, 0.05) is 19.1 Å². The number of nitrogens with one attached hydrogen (secondary N) is 1. The van der Waals surface area contributed by atoms with E-state index in [4.69, 9.17) is 13.9 Å². The van der Waals surface area contributed by atoms with E-state index in [0.717, 1.165) is 0 Å². The van der Waals surface area contributed by atoms with Crippen LogP contribution in [0, 0.1) is 6.92 Å². The Hall–Kier alpha value is -2.74. The predicted octanol–water partition coefficient (Wildman–Crippen LogP) is 2.95. The number of methoxy groups -OCH3 is 2. The van der Waals surface area contributed by atoms with Gasteiger partial charge in [0.05, 0.1) is 24.8 Å². The van der Waals surface area contributed by atoms with E-state index in [1.54, 1.807) is 31.2 Å². The quantitative estimate of drug-likeness (QED) is 0.762. The number of rotatable bonds is 5. The Morgan fingerprint density at radius 2 is 1.88 bits per heavy atom. The standard InChI is InChI=1S/C16H16N2O5S/c1-10-17-13-6-5-12(9-16(13)23-10)24(19,20)18-14-8-11(21-2)4-7-15(14)22-3/h4-9,18H,1-3H3. The first-order valence-corrected chi connectivity index (χ1v) is 8.53. The van der Waals surface area contributed by atoms with Gasteiger partial charge in [-0.2, -0.15) is 0 Å². The van der Waals surface area contributed by atoms with Crippen LogP contribution in [0.5, 0.6) is 11.5 Å². The number of benzene rings is 2. The molecule has 3 rings (SSSR count). The number of anilines is 1. The highest BCUT2D eigenvalue weighted by atomic mass is 32.2. The predicted molar refractivity (Wildman–Crippen MR) is 89.1 cm³/mol. The second-order valence-corrected chi connectivity index (χ2v) is 6.72. The van der Waals surface area contributed by atoms with Crippen molar-refractivity contribution in [3.8, 4) is 11.5 Å². The van der Waals surface area contributed by atoms with E-state index in [0.29, 0.717) is 28.5 Å². The fraction of sp³-hybridized carbons (Fsp3) is 0.188. The molecule has 1 aromatic heterocycles. The van der Waals surface area contributed by atoms with Gasteiger partial charge in [-0.15, -0.1) is 0 Å². The second kappa shape index (κ2) is 6.04. The lowest BCUT2D eigenvalue weighted by Crippen LogP contribution is -2.13. The number of ether oxygens (including phenoxy) is 2. The maximum atomic E-state index is 12.7. The third kappa shape index (κ3) is 3.00. The Morgan fingerprint density at radius 3 is 2.58 bits per heavy atom. The maximum Gasteiger partial charge on any atom is 0.262 e. The van der Waals surface area contributed by atoms with Crippen molar-refractivity contribution in [2.45, 2.75) is 11.8 Å². The molecular formula is C16H16N2O5S. The van der Waals surface area contributed by atoms with Crippen LogP contribution in [0.1, 0.15) is 5.89 Å². The molecule has 2 aromatic carbocycles. The van der Waals surface area contributed by atoms with Gasteiger partial charge >= 0.3 is 0 Å². The molecule has 0 atom stereocenters. The van der Waals surface area contributed by atoms with E-state index in [2.05, 4.69) is 9.71 Å². The van der Waals surface area contributed by atoms with E-state index >= 15 is 0 Å². The molecule has 0 aliphatic carbocycles. The van der Waals surface area contributed by atoms with Crippen LogP contribution in [0.4, 0.5) is 5.69 Å². The number of aromatic nitrogens is 1. The number of sulfonamides is 1. The summed E-state index contributed by atoms with van der Waals surface area (Å²) in [7, 11) is -0.865. The molecule has 8 heteroatoms. The average Bonchev–Trinajstić information content (AvgIpc) is 2.93. The molecule has 126 valence electrons. The third-order valence-corrected chi connectivity index (χ3v) is 4.79. The number of nitrogens with zero attached hydrogens (tertiary/aromatic N) is 1. The second-order valence-electron chi connectivity index (χ2n) is 5.03. The van der Waals surface area contributed by atoms with Crippen molar-refractivity contribution in [3.05, 3.63) is 42.3 Å². The molecule has 0 aliphatic heterocycles. The third-order valence-electron chi connectivity index (χ3n) is 3.43. The molecule has 0 bridgehead atoms. The molecule has 3 aromatic rings. The Bertz CT molecular complexity index is 995. The van der Waals surface area contributed by atoms with Crippen LogP contribution in [0.2, 0.25) is 0 Å². The van der Waals surface area contributed by atoms with Crippen LogP contribution in [0.15, 0.2) is 45.7 Å². The molecule has 0 fully saturated rings. The Kier molecular flexibility index (Phi) is 4.06. The normalized spacial score (nSPS) is 11.5. The molecule has 0 amide bonds. The Labute approximate surface area is 139 Å². The minimum atomic E-state index is -3.83. The van der Waals surface area contributed by atoms with Crippen molar-refractivity contribution in [1.29, 1.82) is 0 Å². The molecule has 1 heterocycles. The maximum absolute atomic E-state index is 12.7. The largest absolute Gasteiger partial charge is 0.497 e. The van der Waals surface area contributed by atoms with E-state index < -0.39 is 10.0 Å². The van der Waals surface area contributed by atoms with Gasteiger partial charge in [0.2, 0.25) is 0 Å². The fourth-order valence-electron chi connectivity index (χ4n) is 2.28. The highest BCUT2D eigenvalue weighted by Gasteiger charge is 2.19. The van der Waals surface area contributed by atoms with E-state index in [-0.39, 0.29) is 10.6 Å². The van der Waals surface area contributed by atoms with Crippen molar-refractivity contribution in [2.75, 3.05) is 18.9 Å². The zero-order chi connectivity index (χ0) is 17.3. The lowest BCUT2D eigenvalue weighted by atomic mass is 10.3. The van der Waals surface area contributed by atoms with Crippen molar-refractivity contribution in [1.82, 2.24) is 4.98 Å². The number of hydrogen-bond donors (Lipinski definition) is 1. The molecule has 0 saturated heterocycles. The van der Waals surface area contributed by atoms with Gasteiger partial charge in [-0.1, -0.05) is 0 Å². The summed E-state index contributed by atoms with van der Waals surface area (Å²) in [5, 5.41) is 0. The van der Waals surface area contributed by atoms with Crippen molar-refractivity contribution in [3.63, 3.8) is 0 Å². The summed E-state index contributed by atoms with van der Waals surface area (Å²) in [6, 6.07) is 9.36. The number of aryl methyl sites for hydroxylation is 1. The van der Waals surface area contributed by atoms with Crippen LogP contribution in [-0.2, 0) is 10.0 Å². The van der Waals surface area contributed by atoms with E-state index in [1.165, 1.54) is 26.4 Å². The molecule has 0 spiro atoms. The monoisotopic (exact) mass is 348 g/mol. The fourth-order valence-corrected chi connectivity index (χ4v) is 3.36. The van der Waals surface area contributed by atoms with E-state index in [1.807, 2.05) is 0 Å². The summed E-state index contributed by atoms with van der Waals surface area (Å²) >= 11 is 0. The zero-order valence-corrected chi connectivity index (χ0v) is 14.2. The summed E-state index contributed by atoms with van der Waals surface area (Å²) in [4.78, 5) is 4.22. The average molecular weight is 348 g/mol. The van der Waals surface area contributed by atoms with Crippen LogP contribution in [0.25, 0.3) is 11.1 Å². The van der Waals surface area contributed by atoms with Crippen LogP contribution in [0.3, 0.4) is 0 Å². The number of hydrogen-bond acceptors (Lipinski definition) is 6. The van der Waals surface area contributed by atoms with Gasteiger partial charge in [-0.05, 0) is 24.3 Å². The SMILES string of the molecule is COc1ccc(OC)c(NS(=O)(=O)c2ccc3nc(C)oc3c2)c1. The van der Waals surface area contributed by atoms with Crippen LogP contribution in [-0.4, -0.2) is 27.6 Å².